The van der Waals surface area contributed by atoms with Crippen molar-refractivity contribution >= 4 is 29.5 Å². The van der Waals surface area contributed by atoms with Crippen molar-refractivity contribution in [2.24, 2.45) is 5.92 Å². The first kappa shape index (κ1) is 24.8. The van der Waals surface area contributed by atoms with Gasteiger partial charge in [0.15, 0.2) is 0 Å². The van der Waals surface area contributed by atoms with Gasteiger partial charge in [-0.05, 0) is 35.5 Å². The second-order valence-electron chi connectivity index (χ2n) is 8.63. The van der Waals surface area contributed by atoms with Gasteiger partial charge in [-0.15, -0.1) is 0 Å². The van der Waals surface area contributed by atoms with E-state index in [1.165, 1.54) is 6.33 Å². The molecule has 0 saturated heterocycles. The molecule has 0 unspecified atom stereocenters. The second-order valence-corrected chi connectivity index (χ2v) is 9.62. The first-order valence-electron chi connectivity index (χ1n) is 11.3. The summed E-state index contributed by atoms with van der Waals surface area (Å²) in [5.41, 5.74) is 2.79. The van der Waals surface area contributed by atoms with Gasteiger partial charge < -0.3 is 20.5 Å². The lowest BCUT2D eigenvalue weighted by Crippen LogP contribution is -2.59. The molecule has 3 amide bonds. The molecule has 0 saturated carbocycles. The van der Waals surface area contributed by atoms with Crippen LogP contribution in [-0.2, 0) is 33.8 Å². The molecular formula is C24H33N5O3S. The Morgan fingerprint density at radius 2 is 2.00 bits per heavy atom. The third-order valence-corrected chi connectivity index (χ3v) is 6.51. The number of H-pyrrole nitrogens is 1. The SMILES string of the molecule is CSCCCNC(=O)[C@@H]1Cc2ccccc2CN1C(=O)[C@@H](NC(=O)Cc1cnc[nH]1)C(C)C. The fourth-order valence-electron chi connectivity index (χ4n) is 4.01. The summed E-state index contributed by atoms with van der Waals surface area (Å²) in [5, 5.41) is 5.88. The van der Waals surface area contributed by atoms with E-state index in [-0.39, 0.29) is 30.1 Å². The van der Waals surface area contributed by atoms with Crippen LogP contribution in [0.5, 0.6) is 0 Å². The van der Waals surface area contributed by atoms with Gasteiger partial charge in [0.1, 0.15) is 12.1 Å². The Balaban J connectivity index is 1.77. The lowest BCUT2D eigenvalue weighted by Gasteiger charge is -2.38. The molecule has 0 bridgehead atoms. The van der Waals surface area contributed by atoms with E-state index < -0.39 is 12.1 Å². The van der Waals surface area contributed by atoms with Gasteiger partial charge in [0, 0.05) is 31.4 Å². The number of rotatable bonds is 10. The number of nitrogens with one attached hydrogen (secondary N) is 3. The average molecular weight is 472 g/mol. The van der Waals surface area contributed by atoms with Gasteiger partial charge in [0.25, 0.3) is 0 Å². The molecule has 0 spiro atoms. The minimum absolute atomic E-state index is 0.110. The second kappa shape index (κ2) is 11.9. The summed E-state index contributed by atoms with van der Waals surface area (Å²) >= 11 is 1.74. The van der Waals surface area contributed by atoms with E-state index in [0.29, 0.717) is 25.2 Å². The van der Waals surface area contributed by atoms with E-state index in [1.807, 2.05) is 44.4 Å². The molecule has 33 heavy (non-hydrogen) atoms. The van der Waals surface area contributed by atoms with Gasteiger partial charge in [-0.25, -0.2) is 4.98 Å². The molecule has 0 aliphatic carbocycles. The van der Waals surface area contributed by atoms with Crippen molar-refractivity contribution in [2.75, 3.05) is 18.6 Å². The monoisotopic (exact) mass is 471 g/mol. The predicted octanol–water partition coefficient (Wildman–Crippen LogP) is 1.92. The number of fused-ring (bicyclic) bond motifs is 1. The van der Waals surface area contributed by atoms with Crippen molar-refractivity contribution in [2.45, 2.75) is 51.7 Å². The Kier molecular flexibility index (Phi) is 8.94. The first-order valence-corrected chi connectivity index (χ1v) is 12.7. The molecular weight excluding hydrogens is 438 g/mol. The Bertz CT molecular complexity index is 947. The van der Waals surface area contributed by atoms with Crippen molar-refractivity contribution in [1.82, 2.24) is 25.5 Å². The maximum Gasteiger partial charge on any atom is 0.246 e. The number of imidazole rings is 1. The average Bonchev–Trinajstić information content (AvgIpc) is 3.31. The zero-order valence-corrected chi connectivity index (χ0v) is 20.3. The summed E-state index contributed by atoms with van der Waals surface area (Å²) in [6, 6.07) is 6.57. The van der Waals surface area contributed by atoms with Crippen LogP contribution in [0, 0.1) is 5.92 Å². The molecule has 2 heterocycles. The number of carbonyl (C=O) groups is 3. The zero-order chi connectivity index (χ0) is 23.8. The van der Waals surface area contributed by atoms with Gasteiger partial charge in [-0.3, -0.25) is 14.4 Å². The van der Waals surface area contributed by atoms with Gasteiger partial charge in [0.05, 0.1) is 12.7 Å². The number of hydrogen-bond donors (Lipinski definition) is 3. The molecule has 0 radical (unpaired) electrons. The number of amides is 3. The van der Waals surface area contributed by atoms with E-state index >= 15 is 0 Å². The summed E-state index contributed by atoms with van der Waals surface area (Å²) in [5.74, 6) is 0.188. The van der Waals surface area contributed by atoms with Gasteiger partial charge in [0.2, 0.25) is 17.7 Å². The number of aromatic nitrogens is 2. The first-order chi connectivity index (χ1) is 15.9. The van der Waals surface area contributed by atoms with E-state index in [0.717, 1.165) is 23.3 Å². The quantitative estimate of drug-likeness (QED) is 0.459. The maximum absolute atomic E-state index is 13.7. The smallest absolute Gasteiger partial charge is 0.246 e. The standard InChI is InChI=1S/C24H33N5O3S/c1-16(2)22(28-21(30)12-19-13-25-15-27-19)24(32)29-14-18-8-5-4-7-17(18)11-20(29)23(31)26-9-6-10-33-3/h4-5,7-8,13,15-16,20,22H,6,9-12,14H2,1-3H3,(H,25,27)(H,26,31)(H,28,30)/t20-,22-/m0/s1. The predicted molar refractivity (Wildman–Crippen MR) is 130 cm³/mol. The third kappa shape index (κ3) is 6.60. The molecule has 178 valence electrons. The van der Waals surface area contributed by atoms with Crippen LogP contribution in [0.4, 0.5) is 0 Å². The summed E-state index contributed by atoms with van der Waals surface area (Å²) < 4.78 is 0. The zero-order valence-electron chi connectivity index (χ0n) is 19.5. The molecule has 1 aliphatic heterocycles. The molecule has 2 aromatic rings. The van der Waals surface area contributed by atoms with Crippen LogP contribution in [0.2, 0.25) is 0 Å². The van der Waals surface area contributed by atoms with Gasteiger partial charge in [-0.1, -0.05) is 38.1 Å². The highest BCUT2D eigenvalue weighted by Crippen LogP contribution is 2.25. The van der Waals surface area contributed by atoms with E-state index in [2.05, 4.69) is 20.6 Å². The van der Waals surface area contributed by atoms with Crippen molar-refractivity contribution in [1.29, 1.82) is 0 Å². The number of aromatic amines is 1. The van der Waals surface area contributed by atoms with Crippen LogP contribution in [0.15, 0.2) is 36.8 Å². The number of hydrogen-bond acceptors (Lipinski definition) is 5. The highest BCUT2D eigenvalue weighted by atomic mass is 32.2. The van der Waals surface area contributed by atoms with E-state index in [9.17, 15) is 14.4 Å². The number of thioether (sulfide) groups is 1. The topological polar surface area (TPSA) is 107 Å². The molecule has 3 rings (SSSR count). The maximum atomic E-state index is 13.7. The molecule has 0 fully saturated rings. The number of benzene rings is 1. The molecule has 3 N–H and O–H groups in total. The minimum Gasteiger partial charge on any atom is -0.354 e. The van der Waals surface area contributed by atoms with Gasteiger partial charge in [-0.2, -0.15) is 11.8 Å². The Labute approximate surface area is 199 Å². The van der Waals surface area contributed by atoms with Crippen LogP contribution in [-0.4, -0.2) is 63.2 Å². The molecule has 1 aromatic heterocycles. The van der Waals surface area contributed by atoms with Gasteiger partial charge >= 0.3 is 0 Å². The van der Waals surface area contributed by atoms with Crippen LogP contribution in [0.1, 0.15) is 37.1 Å². The van der Waals surface area contributed by atoms with E-state index in [1.54, 1.807) is 22.9 Å². The van der Waals surface area contributed by atoms with Crippen molar-refractivity contribution in [3.05, 3.63) is 53.6 Å². The molecule has 1 aliphatic rings. The lowest BCUT2D eigenvalue weighted by atomic mass is 9.91. The summed E-state index contributed by atoms with van der Waals surface area (Å²) in [7, 11) is 0. The number of carbonyl (C=O) groups excluding carboxylic acids is 3. The van der Waals surface area contributed by atoms with Crippen LogP contribution < -0.4 is 10.6 Å². The summed E-state index contributed by atoms with van der Waals surface area (Å²) in [6.07, 6.45) is 6.59. The van der Waals surface area contributed by atoms with Crippen LogP contribution in [0.3, 0.4) is 0 Å². The van der Waals surface area contributed by atoms with E-state index in [4.69, 9.17) is 0 Å². The Morgan fingerprint density at radius 3 is 2.67 bits per heavy atom. The lowest BCUT2D eigenvalue weighted by molar-refractivity contribution is -0.145. The molecule has 1 aromatic carbocycles. The fraction of sp³-hybridized carbons (Fsp3) is 0.500. The number of nitrogens with zero attached hydrogens (tertiary/aromatic N) is 2. The fourth-order valence-corrected chi connectivity index (χ4v) is 4.44. The summed E-state index contributed by atoms with van der Waals surface area (Å²) in [4.78, 5) is 47.9. The molecule has 2 atom stereocenters. The van der Waals surface area contributed by atoms with Crippen molar-refractivity contribution in [3.63, 3.8) is 0 Å². The molecule has 8 nitrogen and oxygen atoms in total. The highest BCUT2D eigenvalue weighted by Gasteiger charge is 2.38. The van der Waals surface area contributed by atoms with Crippen LogP contribution >= 0.6 is 11.8 Å². The molecule has 9 heteroatoms. The minimum atomic E-state index is -0.725. The van der Waals surface area contributed by atoms with Crippen LogP contribution in [0.25, 0.3) is 0 Å². The Morgan fingerprint density at radius 1 is 1.24 bits per heavy atom. The Hall–Kier alpha value is -2.81. The van der Waals surface area contributed by atoms with Crippen molar-refractivity contribution in [3.8, 4) is 0 Å². The largest absolute Gasteiger partial charge is 0.354 e. The third-order valence-electron chi connectivity index (χ3n) is 5.81. The summed E-state index contributed by atoms with van der Waals surface area (Å²) in [6.45, 7) is 4.72. The normalized spacial score (nSPS) is 16.2. The van der Waals surface area contributed by atoms with Crippen molar-refractivity contribution < 1.29 is 14.4 Å². The highest BCUT2D eigenvalue weighted by molar-refractivity contribution is 7.98.